The van der Waals surface area contributed by atoms with Crippen LogP contribution in [0.2, 0.25) is 0 Å². The van der Waals surface area contributed by atoms with Gasteiger partial charge in [-0.15, -0.1) is 0 Å². The zero-order valence-electron chi connectivity index (χ0n) is 23.5. The SMILES string of the molecule is CCCCCCCCCCCC[N+](C)(C)CCCCCCCC[N+](C)(C)CCCS(=O)(=O)[O-].[Br-]. The molecule has 0 aliphatic heterocycles. The maximum absolute atomic E-state index is 10.7. The van der Waals surface area contributed by atoms with E-state index in [2.05, 4.69) is 35.1 Å². The van der Waals surface area contributed by atoms with E-state index in [-0.39, 0.29) is 22.7 Å². The molecular formula is C27H59BrN2O3S. The van der Waals surface area contributed by atoms with Gasteiger partial charge in [-0.05, 0) is 38.5 Å². The smallest absolute Gasteiger partial charge is 0.0948 e. The van der Waals surface area contributed by atoms with E-state index in [0.717, 1.165) is 17.6 Å². The Hall–Kier alpha value is 0.310. The van der Waals surface area contributed by atoms with Crippen molar-refractivity contribution in [2.24, 2.45) is 0 Å². The van der Waals surface area contributed by atoms with Crippen molar-refractivity contribution in [3.05, 3.63) is 0 Å². The molecule has 0 radical (unpaired) electrons. The third-order valence-corrected chi connectivity index (χ3v) is 7.84. The van der Waals surface area contributed by atoms with Crippen molar-refractivity contribution in [1.29, 1.82) is 0 Å². The fourth-order valence-electron chi connectivity index (χ4n) is 4.71. The molecule has 0 aromatic rings. The maximum atomic E-state index is 10.7. The maximum Gasteiger partial charge on any atom is 0.0948 e. The monoisotopic (exact) mass is 570 g/mol. The molecule has 0 N–H and O–H groups in total. The van der Waals surface area contributed by atoms with Gasteiger partial charge in [0.1, 0.15) is 0 Å². The summed E-state index contributed by atoms with van der Waals surface area (Å²) in [6.45, 7) is 6.71. The van der Waals surface area contributed by atoms with Crippen LogP contribution in [0.15, 0.2) is 0 Å². The Bertz CT molecular complexity index is 554. The zero-order valence-corrected chi connectivity index (χ0v) is 25.9. The van der Waals surface area contributed by atoms with Crippen molar-refractivity contribution in [1.82, 2.24) is 0 Å². The van der Waals surface area contributed by atoms with Gasteiger partial charge in [-0.2, -0.15) is 0 Å². The lowest BCUT2D eigenvalue weighted by Gasteiger charge is -2.30. The van der Waals surface area contributed by atoms with Gasteiger partial charge in [0.15, 0.2) is 0 Å². The van der Waals surface area contributed by atoms with Gasteiger partial charge in [0.2, 0.25) is 0 Å². The first-order chi connectivity index (χ1) is 15.5. The predicted molar refractivity (Wildman–Crippen MR) is 142 cm³/mol. The Morgan fingerprint density at radius 1 is 0.500 bits per heavy atom. The van der Waals surface area contributed by atoms with Crippen LogP contribution in [-0.2, 0) is 10.1 Å². The Morgan fingerprint density at radius 2 is 0.765 bits per heavy atom. The standard InChI is InChI=1S/C27H59N2O3S.BrH/c1-6-7-8-9-10-11-12-13-16-19-23-28(2,3)24-20-17-14-15-18-21-25-29(4,5)26-22-27-33(30,31)32;/h6-27H2,1-5H3;1H/q+1;/p-1. The van der Waals surface area contributed by atoms with E-state index in [1.54, 1.807) is 0 Å². The van der Waals surface area contributed by atoms with Crippen LogP contribution in [0.3, 0.4) is 0 Å². The van der Waals surface area contributed by atoms with E-state index in [1.165, 1.54) is 120 Å². The number of unbranched alkanes of at least 4 members (excludes halogenated alkanes) is 14. The van der Waals surface area contributed by atoms with Gasteiger partial charge in [-0.3, -0.25) is 0 Å². The lowest BCUT2D eigenvalue weighted by molar-refractivity contribution is -0.890. The van der Waals surface area contributed by atoms with Crippen molar-refractivity contribution in [2.45, 2.75) is 116 Å². The number of hydrogen-bond donors (Lipinski definition) is 0. The minimum Gasteiger partial charge on any atom is -1.00 e. The van der Waals surface area contributed by atoms with Crippen LogP contribution in [0.1, 0.15) is 116 Å². The van der Waals surface area contributed by atoms with Crippen LogP contribution in [-0.4, -0.2) is 82.1 Å². The van der Waals surface area contributed by atoms with Crippen molar-refractivity contribution >= 4 is 10.1 Å². The molecule has 0 aromatic carbocycles. The van der Waals surface area contributed by atoms with Crippen LogP contribution in [0.4, 0.5) is 0 Å². The van der Waals surface area contributed by atoms with E-state index in [9.17, 15) is 13.0 Å². The van der Waals surface area contributed by atoms with Gasteiger partial charge in [-0.1, -0.05) is 71.1 Å². The lowest BCUT2D eigenvalue weighted by atomic mass is 10.1. The minimum atomic E-state index is -4.07. The van der Waals surface area contributed by atoms with Crippen LogP contribution in [0, 0.1) is 0 Å². The third kappa shape index (κ3) is 26.9. The first kappa shape index (κ1) is 36.5. The molecule has 34 heavy (non-hydrogen) atoms. The summed E-state index contributed by atoms with van der Waals surface area (Å²) in [4.78, 5) is 0. The molecule has 0 aromatic heterocycles. The van der Waals surface area contributed by atoms with E-state index in [4.69, 9.17) is 0 Å². The number of hydrogen-bond acceptors (Lipinski definition) is 3. The molecule has 0 spiro atoms. The molecule has 5 nitrogen and oxygen atoms in total. The molecule has 0 amide bonds. The third-order valence-electron chi connectivity index (χ3n) is 7.05. The molecule has 0 saturated heterocycles. The molecule has 0 aliphatic rings. The fourth-order valence-corrected chi connectivity index (χ4v) is 5.19. The van der Waals surface area contributed by atoms with E-state index >= 15 is 0 Å². The lowest BCUT2D eigenvalue weighted by Crippen LogP contribution is -3.00. The highest BCUT2D eigenvalue weighted by molar-refractivity contribution is 7.85. The Morgan fingerprint density at radius 3 is 1.06 bits per heavy atom. The first-order valence-electron chi connectivity index (χ1n) is 14.0. The molecule has 208 valence electrons. The van der Waals surface area contributed by atoms with Gasteiger partial charge in [0.25, 0.3) is 0 Å². The highest BCUT2D eigenvalue weighted by Crippen LogP contribution is 2.14. The molecule has 0 fully saturated rings. The van der Waals surface area contributed by atoms with Gasteiger partial charge in [0.05, 0.1) is 64.5 Å². The summed E-state index contributed by atoms with van der Waals surface area (Å²) in [6, 6.07) is 0. The highest BCUT2D eigenvalue weighted by atomic mass is 79.9. The van der Waals surface area contributed by atoms with Crippen molar-refractivity contribution in [2.75, 3.05) is 60.1 Å². The highest BCUT2D eigenvalue weighted by Gasteiger charge is 2.15. The number of halogens is 1. The summed E-state index contributed by atoms with van der Waals surface area (Å²) in [6.07, 6.45) is 22.3. The Kier molecular flexibility index (Phi) is 23.0. The molecule has 0 saturated carbocycles. The first-order valence-corrected chi connectivity index (χ1v) is 15.6. The van der Waals surface area contributed by atoms with Crippen LogP contribution < -0.4 is 17.0 Å². The summed E-state index contributed by atoms with van der Waals surface area (Å²) in [5.74, 6) is -0.233. The summed E-state index contributed by atoms with van der Waals surface area (Å²) in [5.41, 5.74) is 0. The second kappa shape index (κ2) is 21.4. The van der Waals surface area contributed by atoms with Gasteiger partial charge < -0.3 is 30.5 Å². The minimum absolute atomic E-state index is 0. The summed E-state index contributed by atoms with van der Waals surface area (Å²) in [7, 11) is 4.98. The topological polar surface area (TPSA) is 57.2 Å². The van der Waals surface area contributed by atoms with Crippen molar-refractivity contribution in [3.63, 3.8) is 0 Å². The molecule has 0 rings (SSSR count). The average Bonchev–Trinajstić information content (AvgIpc) is 2.70. The van der Waals surface area contributed by atoms with Gasteiger partial charge in [-0.25, -0.2) is 8.42 Å². The van der Waals surface area contributed by atoms with Crippen molar-refractivity contribution < 1.29 is 38.9 Å². The van der Waals surface area contributed by atoms with Crippen molar-refractivity contribution in [3.8, 4) is 0 Å². The molecule has 0 bridgehead atoms. The second-order valence-electron chi connectivity index (χ2n) is 11.7. The molecule has 0 atom stereocenters. The Balaban J connectivity index is 0. The summed E-state index contributed by atoms with van der Waals surface area (Å²) >= 11 is 0. The fraction of sp³-hybridized carbons (Fsp3) is 1.00. The quantitative estimate of drug-likeness (QED) is 0.102. The van der Waals surface area contributed by atoms with Crippen LogP contribution in [0.25, 0.3) is 0 Å². The van der Waals surface area contributed by atoms with E-state index in [1.807, 2.05) is 0 Å². The summed E-state index contributed by atoms with van der Waals surface area (Å²) < 4.78 is 34.2. The number of quaternary nitrogens is 2. The second-order valence-corrected chi connectivity index (χ2v) is 13.2. The van der Waals surface area contributed by atoms with Gasteiger partial charge >= 0.3 is 0 Å². The molecule has 0 unspecified atom stereocenters. The molecule has 0 heterocycles. The normalized spacial score (nSPS) is 12.6. The number of rotatable bonds is 24. The average molecular weight is 572 g/mol. The Labute approximate surface area is 224 Å². The molecular weight excluding hydrogens is 512 g/mol. The number of nitrogens with zero attached hydrogens (tertiary/aromatic N) is 2. The largest absolute Gasteiger partial charge is 1.00 e. The molecule has 7 heteroatoms. The van der Waals surface area contributed by atoms with E-state index < -0.39 is 10.1 Å². The van der Waals surface area contributed by atoms with Gasteiger partial charge in [0, 0.05) is 12.2 Å². The van der Waals surface area contributed by atoms with Crippen LogP contribution >= 0.6 is 0 Å². The predicted octanol–water partition coefficient (Wildman–Crippen LogP) is 3.34. The van der Waals surface area contributed by atoms with Crippen LogP contribution in [0.5, 0.6) is 0 Å². The summed E-state index contributed by atoms with van der Waals surface area (Å²) in [5, 5.41) is 0. The van der Waals surface area contributed by atoms with E-state index in [0.29, 0.717) is 6.42 Å². The zero-order chi connectivity index (χ0) is 25.1. The molecule has 0 aliphatic carbocycles.